The molecule has 0 bridgehead atoms. The van der Waals surface area contributed by atoms with E-state index in [0.29, 0.717) is 11.3 Å². The molecule has 0 aromatic heterocycles. The van der Waals surface area contributed by atoms with Gasteiger partial charge in [-0.3, -0.25) is 9.59 Å². The van der Waals surface area contributed by atoms with E-state index >= 15 is 0 Å². The van der Waals surface area contributed by atoms with Gasteiger partial charge in [-0.1, -0.05) is 26.3 Å². The van der Waals surface area contributed by atoms with E-state index in [2.05, 4.69) is 5.32 Å². The molecule has 0 spiro atoms. The molecule has 0 aliphatic carbocycles. The molecular weight excluding hydrogens is 290 g/mol. The lowest BCUT2D eigenvalue weighted by Crippen LogP contribution is -2.40. The second-order valence-electron chi connectivity index (χ2n) is 6.33. The Labute approximate surface area is 138 Å². The Morgan fingerprint density at radius 1 is 1.26 bits per heavy atom. The minimum absolute atomic E-state index is 0.0343. The molecule has 0 saturated carbocycles. The van der Waals surface area contributed by atoms with Crippen LogP contribution in [0.15, 0.2) is 24.3 Å². The number of nitrogens with zero attached hydrogens (tertiary/aromatic N) is 1. The predicted octanol–water partition coefficient (Wildman–Crippen LogP) is 2.62. The van der Waals surface area contributed by atoms with Crippen LogP contribution in [0.2, 0.25) is 0 Å². The lowest BCUT2D eigenvalue weighted by Gasteiger charge is -2.27. The van der Waals surface area contributed by atoms with Crippen molar-refractivity contribution in [2.75, 3.05) is 18.4 Å². The second-order valence-corrected chi connectivity index (χ2v) is 6.33. The summed E-state index contributed by atoms with van der Waals surface area (Å²) in [6, 6.07) is 6.57. The fourth-order valence-electron chi connectivity index (χ4n) is 2.75. The van der Waals surface area contributed by atoms with E-state index in [1.807, 2.05) is 18.7 Å². The third kappa shape index (κ3) is 4.55. The van der Waals surface area contributed by atoms with E-state index in [9.17, 15) is 9.59 Å². The van der Waals surface area contributed by atoms with Crippen LogP contribution in [0.4, 0.5) is 5.69 Å². The smallest absolute Gasteiger partial charge is 0.253 e. The summed E-state index contributed by atoms with van der Waals surface area (Å²) in [7, 11) is 0. The van der Waals surface area contributed by atoms with E-state index in [1.54, 1.807) is 24.3 Å². The topological polar surface area (TPSA) is 75.4 Å². The van der Waals surface area contributed by atoms with Gasteiger partial charge in [-0.2, -0.15) is 0 Å². The fraction of sp³-hybridized carbons (Fsp3) is 0.556. The minimum Gasteiger partial charge on any atom is -0.339 e. The van der Waals surface area contributed by atoms with E-state index < -0.39 is 6.04 Å². The number of carbonyl (C=O) groups excluding carboxylic acids is 2. The highest BCUT2D eigenvalue weighted by molar-refractivity contribution is 5.98. The number of nitrogens with two attached hydrogens (primary N) is 1. The van der Waals surface area contributed by atoms with Crippen molar-refractivity contribution in [2.45, 2.75) is 45.6 Å². The maximum Gasteiger partial charge on any atom is 0.253 e. The Morgan fingerprint density at radius 2 is 1.96 bits per heavy atom. The van der Waals surface area contributed by atoms with Crippen LogP contribution < -0.4 is 11.1 Å². The normalized spacial score (nSPS) is 17.4. The first-order chi connectivity index (χ1) is 11.0. The molecule has 5 heteroatoms. The number of amides is 2. The summed E-state index contributed by atoms with van der Waals surface area (Å²) in [5.41, 5.74) is 7.18. The molecule has 1 aliphatic rings. The molecule has 2 atom stereocenters. The molecule has 2 rings (SSSR count). The molecule has 1 aliphatic heterocycles. The highest BCUT2D eigenvalue weighted by Crippen LogP contribution is 2.17. The summed E-state index contributed by atoms with van der Waals surface area (Å²) >= 11 is 0. The molecule has 0 radical (unpaired) electrons. The lowest BCUT2D eigenvalue weighted by molar-refractivity contribution is -0.118. The Morgan fingerprint density at radius 3 is 2.61 bits per heavy atom. The number of anilines is 1. The van der Waals surface area contributed by atoms with E-state index in [-0.39, 0.29) is 17.7 Å². The number of likely N-dealkylation sites (tertiary alicyclic amines) is 1. The zero-order valence-electron chi connectivity index (χ0n) is 14.0. The highest BCUT2D eigenvalue weighted by atomic mass is 16.2. The molecule has 1 fully saturated rings. The number of piperidine rings is 1. The summed E-state index contributed by atoms with van der Waals surface area (Å²) < 4.78 is 0. The molecule has 2 unspecified atom stereocenters. The van der Waals surface area contributed by atoms with Crippen LogP contribution >= 0.6 is 0 Å². The van der Waals surface area contributed by atoms with Crippen molar-refractivity contribution in [3.05, 3.63) is 29.8 Å². The zero-order chi connectivity index (χ0) is 16.8. The number of rotatable bonds is 5. The largest absolute Gasteiger partial charge is 0.339 e. The maximum absolute atomic E-state index is 12.5. The van der Waals surface area contributed by atoms with Gasteiger partial charge >= 0.3 is 0 Å². The number of nitrogens with one attached hydrogen (secondary N) is 1. The first-order valence-electron chi connectivity index (χ1n) is 8.48. The molecule has 1 aromatic carbocycles. The second kappa shape index (κ2) is 8.11. The van der Waals surface area contributed by atoms with Crippen molar-refractivity contribution >= 4 is 17.5 Å². The molecule has 3 N–H and O–H groups in total. The van der Waals surface area contributed by atoms with Gasteiger partial charge in [0.1, 0.15) is 0 Å². The SMILES string of the molecule is CCC(C)C(N)C(=O)Nc1cccc(C(=O)N2CCCCC2)c1. The van der Waals surface area contributed by atoms with Crippen molar-refractivity contribution < 1.29 is 9.59 Å². The molecule has 1 heterocycles. The van der Waals surface area contributed by atoms with Crippen molar-refractivity contribution in [3.8, 4) is 0 Å². The van der Waals surface area contributed by atoms with Crippen LogP contribution in [-0.2, 0) is 4.79 Å². The van der Waals surface area contributed by atoms with Crippen LogP contribution in [0, 0.1) is 5.92 Å². The fourth-order valence-corrected chi connectivity index (χ4v) is 2.75. The van der Waals surface area contributed by atoms with Gasteiger partial charge < -0.3 is 16.0 Å². The Hall–Kier alpha value is -1.88. The van der Waals surface area contributed by atoms with Crippen LogP contribution in [0.5, 0.6) is 0 Å². The summed E-state index contributed by atoms with van der Waals surface area (Å²) in [5, 5.41) is 2.82. The summed E-state index contributed by atoms with van der Waals surface area (Å²) in [6.07, 6.45) is 4.16. The average molecular weight is 317 g/mol. The van der Waals surface area contributed by atoms with Crippen LogP contribution in [0.25, 0.3) is 0 Å². The number of carbonyl (C=O) groups is 2. The van der Waals surface area contributed by atoms with Gasteiger partial charge in [0.15, 0.2) is 0 Å². The van der Waals surface area contributed by atoms with E-state index in [1.165, 1.54) is 6.42 Å². The third-order valence-electron chi connectivity index (χ3n) is 4.58. The van der Waals surface area contributed by atoms with Gasteiger partial charge in [0.05, 0.1) is 6.04 Å². The van der Waals surface area contributed by atoms with Gasteiger partial charge in [-0.25, -0.2) is 0 Å². The van der Waals surface area contributed by atoms with Crippen LogP contribution in [0.1, 0.15) is 49.9 Å². The average Bonchev–Trinajstić information content (AvgIpc) is 2.60. The standard InChI is InChI=1S/C18H27N3O2/c1-3-13(2)16(19)17(22)20-15-9-7-8-14(12-15)18(23)21-10-5-4-6-11-21/h7-9,12-13,16H,3-6,10-11,19H2,1-2H3,(H,20,22). The molecule has 5 nitrogen and oxygen atoms in total. The van der Waals surface area contributed by atoms with Crippen molar-refractivity contribution in [2.24, 2.45) is 11.7 Å². The summed E-state index contributed by atoms with van der Waals surface area (Å²) in [4.78, 5) is 26.6. The van der Waals surface area contributed by atoms with Gasteiger partial charge in [0, 0.05) is 24.3 Å². The van der Waals surface area contributed by atoms with E-state index in [4.69, 9.17) is 5.73 Å². The van der Waals surface area contributed by atoms with Gasteiger partial charge in [-0.05, 0) is 43.4 Å². The Kier molecular flexibility index (Phi) is 6.16. The molecular formula is C18H27N3O2. The van der Waals surface area contributed by atoms with E-state index in [0.717, 1.165) is 32.4 Å². The number of hydrogen-bond acceptors (Lipinski definition) is 3. The van der Waals surface area contributed by atoms with Gasteiger partial charge in [-0.15, -0.1) is 0 Å². The minimum atomic E-state index is -0.540. The van der Waals surface area contributed by atoms with Crippen molar-refractivity contribution in [3.63, 3.8) is 0 Å². The Bertz CT molecular complexity index is 553. The lowest BCUT2D eigenvalue weighted by atomic mass is 9.99. The quantitative estimate of drug-likeness (QED) is 0.876. The molecule has 23 heavy (non-hydrogen) atoms. The zero-order valence-corrected chi connectivity index (χ0v) is 14.0. The third-order valence-corrected chi connectivity index (χ3v) is 4.58. The first kappa shape index (κ1) is 17.5. The first-order valence-corrected chi connectivity index (χ1v) is 8.48. The van der Waals surface area contributed by atoms with Crippen LogP contribution in [-0.4, -0.2) is 35.8 Å². The molecule has 2 amide bonds. The molecule has 126 valence electrons. The van der Waals surface area contributed by atoms with Crippen LogP contribution in [0.3, 0.4) is 0 Å². The van der Waals surface area contributed by atoms with Crippen molar-refractivity contribution in [1.82, 2.24) is 4.90 Å². The number of hydrogen-bond donors (Lipinski definition) is 2. The maximum atomic E-state index is 12.5. The molecule has 1 saturated heterocycles. The number of benzene rings is 1. The predicted molar refractivity (Wildman–Crippen MR) is 92.3 cm³/mol. The Balaban J connectivity index is 2.04. The molecule has 1 aromatic rings. The van der Waals surface area contributed by atoms with Gasteiger partial charge in [0.2, 0.25) is 5.91 Å². The summed E-state index contributed by atoms with van der Waals surface area (Å²) in [6.45, 7) is 5.60. The highest BCUT2D eigenvalue weighted by Gasteiger charge is 2.21. The summed E-state index contributed by atoms with van der Waals surface area (Å²) in [5.74, 6) is -0.0536. The van der Waals surface area contributed by atoms with Gasteiger partial charge in [0.25, 0.3) is 5.91 Å². The van der Waals surface area contributed by atoms with Crippen molar-refractivity contribution in [1.29, 1.82) is 0 Å². The monoisotopic (exact) mass is 317 g/mol.